The third-order valence-corrected chi connectivity index (χ3v) is 4.32. The molecule has 1 heterocycles. The zero-order chi connectivity index (χ0) is 19.9. The van der Waals surface area contributed by atoms with E-state index in [1.54, 1.807) is 24.3 Å². The number of carboxylic acid groups (broad SMARTS) is 1. The molecule has 8 heteroatoms. The Morgan fingerprint density at radius 3 is 2.54 bits per heavy atom. The SMILES string of the molecule is O=C(CCCn1nnc2ccccc2c1=O)N[C@H](Cc1ccccc1)C(=O)O. The third kappa shape index (κ3) is 4.79. The summed E-state index contributed by atoms with van der Waals surface area (Å²) in [5.74, 6) is -1.47. The molecule has 3 aromatic rings. The maximum atomic E-state index is 12.4. The van der Waals surface area contributed by atoms with Crippen LogP contribution in [0.15, 0.2) is 59.4 Å². The number of rotatable bonds is 8. The average Bonchev–Trinajstić information content (AvgIpc) is 2.70. The number of aliphatic carboxylic acids is 1. The molecular formula is C20H20N4O4. The van der Waals surface area contributed by atoms with Crippen molar-refractivity contribution in [3.8, 4) is 0 Å². The van der Waals surface area contributed by atoms with Gasteiger partial charge in [0.2, 0.25) is 5.91 Å². The van der Waals surface area contributed by atoms with Crippen LogP contribution in [0.1, 0.15) is 18.4 Å². The minimum atomic E-state index is -1.09. The quantitative estimate of drug-likeness (QED) is 0.610. The molecule has 0 saturated heterocycles. The first-order valence-electron chi connectivity index (χ1n) is 8.93. The number of benzene rings is 2. The van der Waals surface area contributed by atoms with Crippen molar-refractivity contribution in [1.82, 2.24) is 20.3 Å². The van der Waals surface area contributed by atoms with E-state index in [2.05, 4.69) is 15.6 Å². The second-order valence-electron chi connectivity index (χ2n) is 6.39. The number of nitrogens with zero attached hydrogens (tertiary/aromatic N) is 3. The number of hydrogen-bond donors (Lipinski definition) is 2. The molecule has 1 amide bonds. The normalized spacial score (nSPS) is 11.9. The summed E-state index contributed by atoms with van der Waals surface area (Å²) in [5, 5.41) is 20.2. The predicted octanol–water partition coefficient (Wildman–Crippen LogP) is 1.38. The maximum Gasteiger partial charge on any atom is 0.326 e. The van der Waals surface area contributed by atoms with Crippen molar-refractivity contribution in [2.24, 2.45) is 0 Å². The topological polar surface area (TPSA) is 114 Å². The van der Waals surface area contributed by atoms with Gasteiger partial charge in [-0.2, -0.15) is 0 Å². The summed E-state index contributed by atoms with van der Waals surface area (Å²) in [6.45, 7) is 0.223. The highest BCUT2D eigenvalue weighted by molar-refractivity contribution is 5.83. The van der Waals surface area contributed by atoms with Crippen molar-refractivity contribution < 1.29 is 14.7 Å². The predicted molar refractivity (Wildman–Crippen MR) is 103 cm³/mol. The first-order chi connectivity index (χ1) is 13.5. The van der Waals surface area contributed by atoms with Crippen LogP contribution in [0.25, 0.3) is 10.9 Å². The van der Waals surface area contributed by atoms with Crippen LogP contribution < -0.4 is 10.9 Å². The molecule has 28 heavy (non-hydrogen) atoms. The van der Waals surface area contributed by atoms with Gasteiger partial charge in [-0.1, -0.05) is 47.7 Å². The number of amides is 1. The van der Waals surface area contributed by atoms with Crippen LogP contribution in [0.5, 0.6) is 0 Å². The van der Waals surface area contributed by atoms with E-state index in [4.69, 9.17) is 0 Å². The molecule has 8 nitrogen and oxygen atoms in total. The molecule has 1 aromatic heterocycles. The molecule has 0 radical (unpaired) electrons. The van der Waals surface area contributed by atoms with Crippen LogP contribution in [0, 0.1) is 0 Å². The zero-order valence-electron chi connectivity index (χ0n) is 15.1. The number of hydrogen-bond acceptors (Lipinski definition) is 5. The Balaban J connectivity index is 1.55. The Morgan fingerprint density at radius 2 is 1.79 bits per heavy atom. The van der Waals surface area contributed by atoms with Crippen molar-refractivity contribution in [3.05, 3.63) is 70.5 Å². The lowest BCUT2D eigenvalue weighted by molar-refractivity contribution is -0.141. The molecule has 0 unspecified atom stereocenters. The van der Waals surface area contributed by atoms with Gasteiger partial charge in [-0.3, -0.25) is 9.59 Å². The van der Waals surface area contributed by atoms with Gasteiger partial charge in [0.15, 0.2) is 0 Å². The van der Waals surface area contributed by atoms with Gasteiger partial charge in [-0.15, -0.1) is 5.10 Å². The summed E-state index contributed by atoms with van der Waals surface area (Å²) >= 11 is 0. The van der Waals surface area contributed by atoms with Crippen LogP contribution >= 0.6 is 0 Å². The van der Waals surface area contributed by atoms with Gasteiger partial charge in [-0.25, -0.2) is 9.48 Å². The van der Waals surface area contributed by atoms with Gasteiger partial charge in [0.25, 0.3) is 5.56 Å². The number of carboxylic acids is 1. The van der Waals surface area contributed by atoms with Gasteiger partial charge in [0, 0.05) is 19.4 Å². The lowest BCUT2D eigenvalue weighted by Gasteiger charge is -2.14. The highest BCUT2D eigenvalue weighted by atomic mass is 16.4. The fraction of sp³-hybridized carbons (Fsp3) is 0.250. The number of aromatic nitrogens is 3. The van der Waals surface area contributed by atoms with E-state index in [1.807, 2.05) is 30.3 Å². The summed E-state index contributed by atoms with van der Waals surface area (Å²) in [6, 6.07) is 15.0. The molecule has 2 N–H and O–H groups in total. The Kier molecular flexibility index (Phi) is 6.11. The van der Waals surface area contributed by atoms with Gasteiger partial charge < -0.3 is 10.4 Å². The molecule has 0 aliphatic heterocycles. The van der Waals surface area contributed by atoms with Crippen molar-refractivity contribution in [2.45, 2.75) is 31.8 Å². The van der Waals surface area contributed by atoms with Crippen LogP contribution in [0.2, 0.25) is 0 Å². The molecule has 0 fully saturated rings. The second kappa shape index (κ2) is 8.90. The minimum absolute atomic E-state index is 0.0829. The van der Waals surface area contributed by atoms with Gasteiger partial charge in [0.05, 0.1) is 5.39 Å². The number of aryl methyl sites for hydroxylation is 1. The highest BCUT2D eigenvalue weighted by Gasteiger charge is 2.20. The first-order valence-corrected chi connectivity index (χ1v) is 8.93. The van der Waals surface area contributed by atoms with Crippen molar-refractivity contribution in [1.29, 1.82) is 0 Å². The Morgan fingerprint density at radius 1 is 1.07 bits per heavy atom. The van der Waals surface area contributed by atoms with E-state index in [1.165, 1.54) is 4.68 Å². The molecule has 0 spiro atoms. The van der Waals surface area contributed by atoms with Gasteiger partial charge in [-0.05, 0) is 24.1 Å². The molecule has 0 bridgehead atoms. The molecule has 0 saturated carbocycles. The van der Waals surface area contributed by atoms with Crippen LogP contribution in [0.4, 0.5) is 0 Å². The van der Waals surface area contributed by atoms with E-state index in [-0.39, 0.29) is 30.9 Å². The number of fused-ring (bicyclic) bond motifs is 1. The van der Waals surface area contributed by atoms with E-state index in [0.717, 1.165) is 5.56 Å². The summed E-state index contributed by atoms with van der Waals surface area (Å²) in [4.78, 5) is 35.9. The lowest BCUT2D eigenvalue weighted by Crippen LogP contribution is -2.42. The van der Waals surface area contributed by atoms with E-state index >= 15 is 0 Å². The summed E-state index contributed by atoms with van der Waals surface area (Å²) in [5.41, 5.74) is 1.08. The zero-order valence-corrected chi connectivity index (χ0v) is 15.1. The van der Waals surface area contributed by atoms with Crippen LogP contribution in [0.3, 0.4) is 0 Å². The number of carbonyl (C=O) groups excluding carboxylic acids is 1. The summed E-state index contributed by atoms with van der Waals surface area (Å²) in [7, 11) is 0. The minimum Gasteiger partial charge on any atom is -0.480 e. The average molecular weight is 380 g/mol. The highest BCUT2D eigenvalue weighted by Crippen LogP contribution is 2.05. The Bertz CT molecular complexity index is 1030. The molecule has 0 aliphatic carbocycles. The Labute approximate surface area is 160 Å². The molecule has 144 valence electrons. The fourth-order valence-electron chi connectivity index (χ4n) is 2.88. The van der Waals surface area contributed by atoms with E-state index in [0.29, 0.717) is 17.3 Å². The number of carbonyl (C=O) groups is 2. The second-order valence-corrected chi connectivity index (χ2v) is 6.39. The van der Waals surface area contributed by atoms with Crippen molar-refractivity contribution in [2.75, 3.05) is 0 Å². The maximum absolute atomic E-state index is 12.4. The molecule has 2 aromatic carbocycles. The first kappa shape index (κ1) is 19.2. The molecule has 3 rings (SSSR count). The van der Waals surface area contributed by atoms with Crippen LogP contribution in [-0.4, -0.2) is 38.0 Å². The third-order valence-electron chi connectivity index (χ3n) is 4.32. The standard InChI is InChI=1S/C20H20N4O4/c25-18(21-17(20(27)28)13-14-7-2-1-3-8-14)11-6-12-24-19(26)15-9-4-5-10-16(15)22-23-24/h1-5,7-10,17H,6,11-13H2,(H,21,25)(H,27,28)/t17-/m1/s1. The summed E-state index contributed by atoms with van der Waals surface area (Å²) < 4.78 is 1.22. The van der Waals surface area contributed by atoms with Gasteiger partial charge >= 0.3 is 5.97 Å². The largest absolute Gasteiger partial charge is 0.480 e. The van der Waals surface area contributed by atoms with Gasteiger partial charge in [0.1, 0.15) is 11.6 Å². The van der Waals surface area contributed by atoms with Crippen molar-refractivity contribution >= 4 is 22.8 Å². The fourth-order valence-corrected chi connectivity index (χ4v) is 2.88. The van der Waals surface area contributed by atoms with Crippen LogP contribution in [-0.2, 0) is 22.6 Å². The van der Waals surface area contributed by atoms with Crippen molar-refractivity contribution in [3.63, 3.8) is 0 Å². The number of nitrogens with one attached hydrogen (secondary N) is 1. The monoisotopic (exact) mass is 380 g/mol. The smallest absolute Gasteiger partial charge is 0.326 e. The molecule has 1 atom stereocenters. The Hall–Kier alpha value is -3.55. The molecular weight excluding hydrogens is 360 g/mol. The van der Waals surface area contributed by atoms with E-state index in [9.17, 15) is 19.5 Å². The van der Waals surface area contributed by atoms with E-state index < -0.39 is 12.0 Å². The summed E-state index contributed by atoms with van der Waals surface area (Å²) in [6.07, 6.45) is 0.632. The molecule has 0 aliphatic rings. The lowest BCUT2D eigenvalue weighted by atomic mass is 10.1.